The number of amides is 1. The van der Waals surface area contributed by atoms with Gasteiger partial charge in [-0.25, -0.2) is 0 Å². The maximum Gasteiger partial charge on any atom is 0.315 e. The van der Waals surface area contributed by atoms with Crippen LogP contribution in [0.3, 0.4) is 0 Å². The van der Waals surface area contributed by atoms with E-state index in [-0.39, 0.29) is 17.6 Å². The molecule has 0 aliphatic carbocycles. The summed E-state index contributed by atoms with van der Waals surface area (Å²) in [5, 5.41) is 2.41. The highest BCUT2D eigenvalue weighted by Crippen LogP contribution is 2.30. The molecule has 0 aliphatic rings. The molecule has 1 atom stereocenters. The van der Waals surface area contributed by atoms with Crippen LogP contribution in [-0.2, 0) is 14.3 Å². The molecule has 23 heavy (non-hydrogen) atoms. The van der Waals surface area contributed by atoms with Crippen LogP contribution in [0.2, 0.25) is 0 Å². The quantitative estimate of drug-likeness (QED) is 0.788. The average molecular weight is 329 g/mol. The summed E-state index contributed by atoms with van der Waals surface area (Å²) < 4.78 is 4.93. The van der Waals surface area contributed by atoms with Gasteiger partial charge in [0.05, 0.1) is 12.4 Å². The highest BCUT2D eigenvalue weighted by Gasteiger charge is 2.22. The van der Waals surface area contributed by atoms with Gasteiger partial charge in [0.25, 0.3) is 0 Å². The summed E-state index contributed by atoms with van der Waals surface area (Å²) in [6.45, 7) is 2.10. The van der Waals surface area contributed by atoms with Gasteiger partial charge in [0, 0.05) is 5.69 Å². The van der Waals surface area contributed by atoms with Gasteiger partial charge in [-0.05, 0) is 24.6 Å². The van der Waals surface area contributed by atoms with Gasteiger partial charge in [0.1, 0.15) is 5.25 Å². The number of hydrogen-bond donors (Lipinski definition) is 1. The average Bonchev–Trinajstić information content (AvgIpc) is 2.57. The first-order valence-electron chi connectivity index (χ1n) is 7.38. The Balaban J connectivity index is 2.09. The van der Waals surface area contributed by atoms with Crippen molar-refractivity contribution in [1.82, 2.24) is 0 Å². The van der Waals surface area contributed by atoms with Gasteiger partial charge in [0.2, 0.25) is 5.91 Å². The van der Waals surface area contributed by atoms with Crippen LogP contribution in [0.25, 0.3) is 0 Å². The smallest absolute Gasteiger partial charge is 0.315 e. The van der Waals surface area contributed by atoms with Gasteiger partial charge in [-0.15, -0.1) is 11.8 Å². The van der Waals surface area contributed by atoms with E-state index in [1.165, 1.54) is 11.8 Å². The second-order valence-corrected chi connectivity index (χ2v) is 5.86. The molecule has 0 radical (unpaired) electrons. The monoisotopic (exact) mass is 329 g/mol. The van der Waals surface area contributed by atoms with Crippen LogP contribution in [0.5, 0.6) is 0 Å². The number of carbonyl (C=O) groups is 2. The minimum atomic E-state index is -0.471. The fraction of sp³-hybridized carbons (Fsp3) is 0.222. The van der Waals surface area contributed by atoms with Crippen LogP contribution in [-0.4, -0.2) is 24.2 Å². The van der Waals surface area contributed by atoms with E-state index >= 15 is 0 Å². The molecule has 0 heterocycles. The molecule has 120 valence electrons. The van der Waals surface area contributed by atoms with Gasteiger partial charge < -0.3 is 10.1 Å². The largest absolute Gasteiger partial charge is 0.465 e. The lowest BCUT2D eigenvalue weighted by Crippen LogP contribution is -2.20. The first kappa shape index (κ1) is 17.1. The van der Waals surface area contributed by atoms with E-state index in [4.69, 9.17) is 4.74 Å². The van der Waals surface area contributed by atoms with Crippen molar-refractivity contribution in [3.05, 3.63) is 66.2 Å². The van der Waals surface area contributed by atoms with Gasteiger partial charge in [0.15, 0.2) is 0 Å². The van der Waals surface area contributed by atoms with Crippen LogP contribution in [0, 0.1) is 0 Å². The molecule has 1 N–H and O–H groups in total. The fourth-order valence-electron chi connectivity index (χ4n) is 2.03. The van der Waals surface area contributed by atoms with Crippen molar-refractivity contribution < 1.29 is 14.3 Å². The van der Waals surface area contributed by atoms with Crippen molar-refractivity contribution >= 4 is 29.3 Å². The minimum Gasteiger partial charge on any atom is -0.465 e. The molecule has 0 saturated heterocycles. The number of anilines is 1. The molecule has 2 rings (SSSR count). The molecule has 2 aromatic rings. The zero-order valence-corrected chi connectivity index (χ0v) is 13.7. The third-order valence-corrected chi connectivity index (χ3v) is 4.28. The number of rotatable bonds is 7. The molecule has 1 amide bonds. The molecule has 1 unspecified atom stereocenters. The Bertz CT molecular complexity index is 631. The summed E-state index contributed by atoms with van der Waals surface area (Å²) in [6.07, 6.45) is 0. The molecule has 0 aliphatic heterocycles. The van der Waals surface area contributed by atoms with E-state index in [9.17, 15) is 9.59 Å². The molecule has 0 spiro atoms. The molecule has 5 heteroatoms. The highest BCUT2D eigenvalue weighted by atomic mass is 32.2. The van der Waals surface area contributed by atoms with Crippen LogP contribution in [0.1, 0.15) is 17.7 Å². The van der Waals surface area contributed by atoms with E-state index in [0.717, 1.165) is 11.3 Å². The number of carbonyl (C=O) groups excluding carboxylic acids is 2. The van der Waals surface area contributed by atoms with E-state index in [0.29, 0.717) is 6.61 Å². The lowest BCUT2D eigenvalue weighted by atomic mass is 10.1. The number of thioether (sulfide) groups is 1. The summed E-state index contributed by atoms with van der Waals surface area (Å²) in [5.74, 6) is -0.335. The summed E-state index contributed by atoms with van der Waals surface area (Å²) in [4.78, 5) is 24.2. The van der Waals surface area contributed by atoms with Crippen molar-refractivity contribution in [3.63, 3.8) is 0 Å². The summed E-state index contributed by atoms with van der Waals surface area (Å²) in [7, 11) is 0. The lowest BCUT2D eigenvalue weighted by Gasteiger charge is -2.16. The Kier molecular flexibility index (Phi) is 6.69. The van der Waals surface area contributed by atoms with E-state index in [1.54, 1.807) is 6.92 Å². The predicted octanol–water partition coefficient (Wildman–Crippen LogP) is 3.66. The zero-order chi connectivity index (χ0) is 16.5. The molecule has 0 saturated carbocycles. The molecule has 0 bridgehead atoms. The molecular weight excluding hydrogens is 310 g/mol. The fourth-order valence-corrected chi connectivity index (χ4v) is 2.98. The molecule has 2 aromatic carbocycles. The van der Waals surface area contributed by atoms with Crippen molar-refractivity contribution in [2.24, 2.45) is 0 Å². The molecule has 4 nitrogen and oxygen atoms in total. The number of hydrogen-bond acceptors (Lipinski definition) is 4. The topological polar surface area (TPSA) is 55.4 Å². The van der Waals surface area contributed by atoms with E-state index in [1.807, 2.05) is 60.7 Å². The second-order valence-electron chi connectivity index (χ2n) is 4.76. The number of esters is 1. The van der Waals surface area contributed by atoms with E-state index in [2.05, 4.69) is 5.32 Å². The van der Waals surface area contributed by atoms with Gasteiger partial charge in [-0.3, -0.25) is 9.59 Å². The van der Waals surface area contributed by atoms with Crippen molar-refractivity contribution in [3.8, 4) is 0 Å². The predicted molar refractivity (Wildman–Crippen MR) is 93.3 cm³/mol. The van der Waals surface area contributed by atoms with E-state index < -0.39 is 5.25 Å². The normalized spacial score (nSPS) is 11.5. The van der Waals surface area contributed by atoms with Gasteiger partial charge in [-0.1, -0.05) is 48.5 Å². The van der Waals surface area contributed by atoms with Crippen LogP contribution >= 0.6 is 11.8 Å². The van der Waals surface area contributed by atoms with Crippen molar-refractivity contribution in [2.75, 3.05) is 17.7 Å². The maximum atomic E-state index is 12.6. The first-order valence-corrected chi connectivity index (χ1v) is 8.43. The third-order valence-electron chi connectivity index (χ3n) is 3.05. The SMILES string of the molecule is CCOC(=O)CSC(C(=O)Nc1ccccc1)c1ccccc1. The number of nitrogens with one attached hydrogen (secondary N) is 1. The summed E-state index contributed by atoms with van der Waals surface area (Å²) >= 11 is 1.26. The van der Waals surface area contributed by atoms with Crippen LogP contribution in [0.15, 0.2) is 60.7 Å². The molecule has 0 aromatic heterocycles. The number of benzene rings is 2. The van der Waals surface area contributed by atoms with Crippen LogP contribution < -0.4 is 5.32 Å². The number of ether oxygens (including phenoxy) is 1. The second kappa shape index (κ2) is 9.00. The summed E-state index contributed by atoms with van der Waals surface area (Å²) in [5.41, 5.74) is 1.59. The molecular formula is C18H19NO3S. The Morgan fingerprint density at radius 3 is 2.26 bits per heavy atom. The standard InChI is InChI=1S/C18H19NO3S/c1-2-22-16(20)13-23-17(14-9-5-3-6-10-14)18(21)19-15-11-7-4-8-12-15/h3-12,17H,2,13H2,1H3,(H,19,21). The Morgan fingerprint density at radius 1 is 1.04 bits per heavy atom. The third kappa shape index (κ3) is 5.45. The Hall–Kier alpha value is -2.27. The lowest BCUT2D eigenvalue weighted by molar-refractivity contribution is -0.139. The molecule has 0 fully saturated rings. The Labute approximate surface area is 140 Å². The highest BCUT2D eigenvalue weighted by molar-refractivity contribution is 8.00. The first-order chi connectivity index (χ1) is 11.2. The van der Waals surface area contributed by atoms with Crippen molar-refractivity contribution in [2.45, 2.75) is 12.2 Å². The zero-order valence-electron chi connectivity index (χ0n) is 12.9. The summed E-state index contributed by atoms with van der Waals surface area (Å²) in [6, 6.07) is 18.7. The van der Waals surface area contributed by atoms with Crippen LogP contribution in [0.4, 0.5) is 5.69 Å². The minimum absolute atomic E-state index is 0.135. The maximum absolute atomic E-state index is 12.6. The van der Waals surface area contributed by atoms with Crippen molar-refractivity contribution in [1.29, 1.82) is 0 Å². The van der Waals surface area contributed by atoms with Gasteiger partial charge in [-0.2, -0.15) is 0 Å². The number of para-hydroxylation sites is 1. The van der Waals surface area contributed by atoms with Gasteiger partial charge >= 0.3 is 5.97 Å². The Morgan fingerprint density at radius 2 is 1.65 bits per heavy atom.